The summed E-state index contributed by atoms with van der Waals surface area (Å²) in [5.41, 5.74) is 6.54. The fraction of sp³-hybridized carbons (Fsp3) is 0.357. The molecule has 0 fully saturated rings. The number of nitrogen functional groups attached to an aromatic ring is 1. The minimum atomic E-state index is -0.275. The Balaban J connectivity index is 2.14. The van der Waals surface area contributed by atoms with Crippen LogP contribution in [-0.2, 0) is 0 Å². The van der Waals surface area contributed by atoms with Gasteiger partial charge in [-0.15, -0.1) is 0 Å². The maximum Gasteiger partial charge on any atom is 0.323 e. The van der Waals surface area contributed by atoms with Gasteiger partial charge >= 0.3 is 6.01 Å². The predicted octanol–water partition coefficient (Wildman–Crippen LogP) is 2.55. The highest BCUT2D eigenvalue weighted by molar-refractivity contribution is 5.36. The molecule has 0 saturated heterocycles. The summed E-state index contributed by atoms with van der Waals surface area (Å²) < 4.78 is 18.3. The highest BCUT2D eigenvalue weighted by Crippen LogP contribution is 2.19. The third-order valence-corrected chi connectivity index (χ3v) is 2.69. The molecule has 1 aromatic carbocycles. The Hall–Kier alpha value is -2.44. The Morgan fingerprint density at radius 2 is 1.76 bits per heavy atom. The second-order valence-corrected chi connectivity index (χ2v) is 4.88. The molecule has 0 bridgehead atoms. The van der Waals surface area contributed by atoms with Crippen molar-refractivity contribution in [3.05, 3.63) is 35.6 Å². The molecular weight excluding hydrogens is 273 g/mol. The van der Waals surface area contributed by atoms with E-state index in [1.54, 1.807) is 12.1 Å². The SMILES string of the molecule is CC(C)Oc1nc(N)nc(NC(C)c2ccc(F)cc2)n1. The number of hydrogen-bond acceptors (Lipinski definition) is 6. The topological polar surface area (TPSA) is 86.0 Å². The molecule has 0 aliphatic rings. The van der Waals surface area contributed by atoms with Crippen LogP contribution in [0.25, 0.3) is 0 Å². The van der Waals surface area contributed by atoms with E-state index in [4.69, 9.17) is 10.5 Å². The number of nitrogens with two attached hydrogens (primary N) is 1. The number of rotatable bonds is 5. The van der Waals surface area contributed by atoms with Crippen molar-refractivity contribution in [3.8, 4) is 6.01 Å². The molecular formula is C14H18FN5O. The van der Waals surface area contributed by atoms with Crippen molar-refractivity contribution in [2.24, 2.45) is 0 Å². The molecule has 6 nitrogen and oxygen atoms in total. The highest BCUT2D eigenvalue weighted by Gasteiger charge is 2.11. The molecule has 3 N–H and O–H groups in total. The molecule has 112 valence electrons. The minimum absolute atomic E-state index is 0.0610. The lowest BCUT2D eigenvalue weighted by molar-refractivity contribution is 0.222. The van der Waals surface area contributed by atoms with Gasteiger partial charge in [0.05, 0.1) is 12.1 Å². The Morgan fingerprint density at radius 1 is 1.10 bits per heavy atom. The summed E-state index contributed by atoms with van der Waals surface area (Å²) in [6.07, 6.45) is -0.0610. The van der Waals surface area contributed by atoms with Crippen molar-refractivity contribution in [1.29, 1.82) is 0 Å². The van der Waals surface area contributed by atoms with Crippen LogP contribution in [0.15, 0.2) is 24.3 Å². The van der Waals surface area contributed by atoms with Crippen LogP contribution in [0.4, 0.5) is 16.3 Å². The number of aromatic nitrogens is 3. The normalized spacial score (nSPS) is 12.2. The summed E-state index contributed by atoms with van der Waals surface area (Å²) in [7, 11) is 0. The van der Waals surface area contributed by atoms with Gasteiger partial charge in [0, 0.05) is 0 Å². The number of halogens is 1. The van der Waals surface area contributed by atoms with Crippen LogP contribution in [0.1, 0.15) is 32.4 Å². The lowest BCUT2D eigenvalue weighted by Crippen LogP contribution is -2.14. The van der Waals surface area contributed by atoms with Gasteiger partial charge in [-0.05, 0) is 38.5 Å². The molecule has 0 aliphatic heterocycles. The lowest BCUT2D eigenvalue weighted by atomic mass is 10.1. The van der Waals surface area contributed by atoms with Crippen LogP contribution in [-0.4, -0.2) is 21.1 Å². The van der Waals surface area contributed by atoms with Gasteiger partial charge in [0.15, 0.2) is 0 Å². The van der Waals surface area contributed by atoms with Crippen molar-refractivity contribution in [2.45, 2.75) is 32.9 Å². The molecule has 1 heterocycles. The molecule has 0 aliphatic carbocycles. The van der Waals surface area contributed by atoms with E-state index in [1.807, 2.05) is 20.8 Å². The fourth-order valence-corrected chi connectivity index (χ4v) is 1.73. The van der Waals surface area contributed by atoms with Gasteiger partial charge in [-0.1, -0.05) is 12.1 Å². The van der Waals surface area contributed by atoms with Gasteiger partial charge in [0.1, 0.15) is 5.82 Å². The first-order valence-electron chi connectivity index (χ1n) is 6.64. The van der Waals surface area contributed by atoms with Crippen molar-refractivity contribution in [1.82, 2.24) is 15.0 Å². The number of ether oxygens (including phenoxy) is 1. The number of hydrogen-bond donors (Lipinski definition) is 2. The van der Waals surface area contributed by atoms with E-state index in [1.165, 1.54) is 12.1 Å². The van der Waals surface area contributed by atoms with E-state index < -0.39 is 0 Å². The zero-order valence-electron chi connectivity index (χ0n) is 12.2. The summed E-state index contributed by atoms with van der Waals surface area (Å²) in [6, 6.07) is 6.27. The summed E-state index contributed by atoms with van der Waals surface area (Å²) >= 11 is 0. The quantitative estimate of drug-likeness (QED) is 0.880. The third kappa shape index (κ3) is 4.27. The van der Waals surface area contributed by atoms with Gasteiger partial charge in [0.25, 0.3) is 0 Å². The summed E-state index contributed by atoms with van der Waals surface area (Å²) in [5.74, 6) is 0.118. The van der Waals surface area contributed by atoms with Crippen LogP contribution in [0, 0.1) is 5.82 Å². The fourth-order valence-electron chi connectivity index (χ4n) is 1.73. The van der Waals surface area contributed by atoms with Gasteiger partial charge in [-0.3, -0.25) is 0 Å². The Morgan fingerprint density at radius 3 is 2.38 bits per heavy atom. The van der Waals surface area contributed by atoms with Crippen molar-refractivity contribution < 1.29 is 9.13 Å². The second kappa shape index (κ2) is 6.34. The summed E-state index contributed by atoms with van der Waals surface area (Å²) in [4.78, 5) is 12.1. The molecule has 0 spiro atoms. The van der Waals surface area contributed by atoms with E-state index in [9.17, 15) is 4.39 Å². The first kappa shape index (κ1) is 15.0. The Kier molecular flexibility index (Phi) is 4.52. The molecule has 2 rings (SSSR count). The van der Waals surface area contributed by atoms with Gasteiger partial charge in [-0.2, -0.15) is 15.0 Å². The van der Waals surface area contributed by atoms with Crippen LogP contribution in [0.2, 0.25) is 0 Å². The van der Waals surface area contributed by atoms with E-state index in [0.29, 0.717) is 5.95 Å². The molecule has 0 saturated carbocycles. The van der Waals surface area contributed by atoms with E-state index >= 15 is 0 Å². The first-order chi connectivity index (χ1) is 9.94. The average molecular weight is 291 g/mol. The molecule has 1 unspecified atom stereocenters. The molecule has 1 aromatic heterocycles. The minimum Gasteiger partial charge on any atom is -0.461 e. The van der Waals surface area contributed by atoms with Crippen LogP contribution in [0.3, 0.4) is 0 Å². The first-order valence-corrected chi connectivity index (χ1v) is 6.64. The smallest absolute Gasteiger partial charge is 0.323 e. The molecule has 7 heteroatoms. The molecule has 21 heavy (non-hydrogen) atoms. The third-order valence-electron chi connectivity index (χ3n) is 2.69. The van der Waals surface area contributed by atoms with Crippen molar-refractivity contribution in [3.63, 3.8) is 0 Å². The maximum absolute atomic E-state index is 12.9. The highest BCUT2D eigenvalue weighted by atomic mass is 19.1. The van der Waals surface area contributed by atoms with E-state index in [-0.39, 0.29) is 29.9 Å². The molecule has 2 aromatic rings. The van der Waals surface area contributed by atoms with Crippen molar-refractivity contribution >= 4 is 11.9 Å². The van der Waals surface area contributed by atoms with Gasteiger partial charge in [0.2, 0.25) is 11.9 Å². The molecule has 0 amide bonds. The maximum atomic E-state index is 12.9. The molecule has 1 atom stereocenters. The Labute approximate surface area is 122 Å². The number of nitrogens with one attached hydrogen (secondary N) is 1. The average Bonchev–Trinajstić information content (AvgIpc) is 2.37. The van der Waals surface area contributed by atoms with E-state index in [0.717, 1.165) is 5.56 Å². The summed E-state index contributed by atoms with van der Waals surface area (Å²) in [5, 5.41) is 3.09. The summed E-state index contributed by atoms with van der Waals surface area (Å²) in [6.45, 7) is 5.65. The number of benzene rings is 1. The van der Waals surface area contributed by atoms with Crippen LogP contribution in [0.5, 0.6) is 6.01 Å². The number of anilines is 2. The largest absolute Gasteiger partial charge is 0.461 e. The van der Waals surface area contributed by atoms with Crippen LogP contribution < -0.4 is 15.8 Å². The second-order valence-electron chi connectivity index (χ2n) is 4.88. The zero-order chi connectivity index (χ0) is 15.4. The van der Waals surface area contributed by atoms with E-state index in [2.05, 4.69) is 20.3 Å². The standard InChI is InChI=1S/C14H18FN5O/c1-8(2)21-14-19-12(16)18-13(20-14)17-9(3)10-4-6-11(15)7-5-10/h4-9H,1-3H3,(H3,16,17,18,19,20). The Bertz CT molecular complexity index is 603. The predicted molar refractivity (Wildman–Crippen MR) is 78.4 cm³/mol. The zero-order valence-corrected chi connectivity index (χ0v) is 12.2. The lowest BCUT2D eigenvalue weighted by Gasteiger charge is -2.15. The number of nitrogens with zero attached hydrogens (tertiary/aromatic N) is 3. The van der Waals surface area contributed by atoms with Crippen LogP contribution >= 0.6 is 0 Å². The van der Waals surface area contributed by atoms with Gasteiger partial charge in [-0.25, -0.2) is 4.39 Å². The van der Waals surface area contributed by atoms with Crippen molar-refractivity contribution in [2.75, 3.05) is 11.1 Å². The van der Waals surface area contributed by atoms with Gasteiger partial charge < -0.3 is 15.8 Å². The monoisotopic (exact) mass is 291 g/mol. The molecule has 0 radical (unpaired) electrons.